The number of nitrogens with one attached hydrogen (secondary N) is 2. The number of benzene rings is 1. The maximum absolute atomic E-state index is 12.1. The van der Waals surface area contributed by atoms with Gasteiger partial charge >= 0.3 is 11.8 Å². The SMILES string of the molecule is Cc1nn(Cc2noc(C(=O)NCCNC(=O)c3cccc(Cl)c3)n2)c(C)c1Br. The highest BCUT2D eigenvalue weighted by atomic mass is 79.9. The molecule has 0 saturated heterocycles. The molecular weight excluding hydrogens is 464 g/mol. The summed E-state index contributed by atoms with van der Waals surface area (Å²) in [6.45, 7) is 4.51. The lowest BCUT2D eigenvalue weighted by Crippen LogP contribution is -2.34. The van der Waals surface area contributed by atoms with Gasteiger partial charge in [-0.3, -0.25) is 14.3 Å². The van der Waals surface area contributed by atoms with Crippen LogP contribution in [0.1, 0.15) is 38.3 Å². The second-order valence-electron chi connectivity index (χ2n) is 6.18. The number of hydrogen-bond acceptors (Lipinski definition) is 6. The smallest absolute Gasteiger partial charge is 0.316 e. The standard InChI is InChI=1S/C18H18BrClN6O3/c1-10-15(19)11(2)26(24-10)9-14-23-18(29-25-14)17(28)22-7-6-21-16(27)12-4-3-5-13(20)8-12/h3-5,8H,6-7,9H2,1-2H3,(H,21,27)(H,22,28). The molecule has 0 bridgehead atoms. The molecule has 2 N–H and O–H groups in total. The van der Waals surface area contributed by atoms with E-state index in [4.69, 9.17) is 16.1 Å². The van der Waals surface area contributed by atoms with Gasteiger partial charge in [-0.15, -0.1) is 0 Å². The van der Waals surface area contributed by atoms with Crippen molar-refractivity contribution in [3.63, 3.8) is 0 Å². The summed E-state index contributed by atoms with van der Waals surface area (Å²) in [6, 6.07) is 6.60. The van der Waals surface area contributed by atoms with E-state index in [1.165, 1.54) is 0 Å². The maximum atomic E-state index is 12.1. The number of nitrogens with zero attached hydrogens (tertiary/aromatic N) is 4. The van der Waals surface area contributed by atoms with Crippen LogP contribution in [0.15, 0.2) is 33.3 Å². The summed E-state index contributed by atoms with van der Waals surface area (Å²) in [4.78, 5) is 28.2. The Morgan fingerprint density at radius 3 is 2.59 bits per heavy atom. The molecule has 2 amide bonds. The summed E-state index contributed by atoms with van der Waals surface area (Å²) < 4.78 is 7.64. The van der Waals surface area contributed by atoms with Crippen LogP contribution in [0.4, 0.5) is 0 Å². The number of amides is 2. The number of halogens is 2. The van der Waals surface area contributed by atoms with Crippen molar-refractivity contribution >= 4 is 39.3 Å². The Hall–Kier alpha value is -2.72. The molecular formula is C18H18BrClN6O3. The summed E-state index contributed by atoms with van der Waals surface area (Å²) in [5, 5.41) is 14.0. The van der Waals surface area contributed by atoms with E-state index in [2.05, 4.69) is 41.8 Å². The first-order chi connectivity index (χ1) is 13.8. The zero-order valence-electron chi connectivity index (χ0n) is 15.7. The van der Waals surface area contributed by atoms with Crippen molar-refractivity contribution in [2.24, 2.45) is 0 Å². The summed E-state index contributed by atoms with van der Waals surface area (Å²) >= 11 is 9.32. The fourth-order valence-electron chi connectivity index (χ4n) is 2.53. The molecule has 3 aromatic rings. The highest BCUT2D eigenvalue weighted by Gasteiger charge is 2.17. The first-order valence-corrected chi connectivity index (χ1v) is 9.86. The summed E-state index contributed by atoms with van der Waals surface area (Å²) in [7, 11) is 0. The van der Waals surface area contributed by atoms with Gasteiger partial charge in [-0.2, -0.15) is 10.1 Å². The van der Waals surface area contributed by atoms with E-state index < -0.39 is 5.91 Å². The lowest BCUT2D eigenvalue weighted by molar-refractivity contribution is 0.0898. The van der Waals surface area contributed by atoms with Gasteiger partial charge in [0.1, 0.15) is 6.54 Å². The Bertz CT molecular complexity index is 1050. The fraction of sp³-hybridized carbons (Fsp3) is 0.278. The molecule has 0 saturated carbocycles. The van der Waals surface area contributed by atoms with Gasteiger partial charge in [0.25, 0.3) is 5.91 Å². The van der Waals surface area contributed by atoms with Crippen LogP contribution in [0.2, 0.25) is 5.02 Å². The van der Waals surface area contributed by atoms with Gasteiger partial charge in [-0.25, -0.2) is 0 Å². The summed E-state index contributed by atoms with van der Waals surface area (Å²) in [5.41, 5.74) is 2.22. The second kappa shape index (κ2) is 9.19. The topological polar surface area (TPSA) is 115 Å². The lowest BCUT2D eigenvalue weighted by Gasteiger charge is -2.06. The molecule has 0 unspecified atom stereocenters. The van der Waals surface area contributed by atoms with Crippen molar-refractivity contribution in [1.82, 2.24) is 30.6 Å². The Balaban J connectivity index is 1.48. The molecule has 0 aliphatic heterocycles. The number of carbonyl (C=O) groups is 2. The van der Waals surface area contributed by atoms with Crippen molar-refractivity contribution in [2.45, 2.75) is 20.4 Å². The van der Waals surface area contributed by atoms with Gasteiger partial charge in [-0.1, -0.05) is 22.8 Å². The van der Waals surface area contributed by atoms with Gasteiger partial charge < -0.3 is 15.2 Å². The Kier molecular flexibility index (Phi) is 6.65. The highest BCUT2D eigenvalue weighted by molar-refractivity contribution is 9.10. The van der Waals surface area contributed by atoms with Gasteiger partial charge in [0.2, 0.25) is 0 Å². The van der Waals surface area contributed by atoms with E-state index in [0.29, 0.717) is 16.4 Å². The fourth-order valence-corrected chi connectivity index (χ4v) is 3.01. The van der Waals surface area contributed by atoms with Crippen molar-refractivity contribution < 1.29 is 14.1 Å². The third-order valence-electron chi connectivity index (χ3n) is 4.03. The molecule has 3 rings (SSSR count). The summed E-state index contributed by atoms with van der Waals surface area (Å²) in [5.74, 6) is -0.613. The Morgan fingerprint density at radius 1 is 1.21 bits per heavy atom. The predicted molar refractivity (Wildman–Crippen MR) is 109 cm³/mol. The van der Waals surface area contributed by atoms with E-state index in [0.717, 1.165) is 15.9 Å². The van der Waals surface area contributed by atoms with Gasteiger partial charge in [-0.05, 0) is 48.0 Å². The molecule has 9 nitrogen and oxygen atoms in total. The summed E-state index contributed by atoms with van der Waals surface area (Å²) in [6.07, 6.45) is 0. The number of aryl methyl sites for hydroxylation is 1. The van der Waals surface area contributed by atoms with Crippen LogP contribution < -0.4 is 10.6 Å². The van der Waals surface area contributed by atoms with Crippen molar-refractivity contribution in [3.8, 4) is 0 Å². The van der Waals surface area contributed by atoms with Crippen molar-refractivity contribution in [1.29, 1.82) is 0 Å². The molecule has 0 aliphatic rings. The molecule has 0 aliphatic carbocycles. The van der Waals surface area contributed by atoms with Crippen LogP contribution >= 0.6 is 27.5 Å². The number of carbonyl (C=O) groups excluding carboxylic acids is 2. The van der Waals surface area contributed by atoms with Crippen LogP contribution in [0.25, 0.3) is 0 Å². The van der Waals surface area contributed by atoms with Crippen LogP contribution in [0.5, 0.6) is 0 Å². The minimum absolute atomic E-state index is 0.151. The van der Waals surface area contributed by atoms with Crippen molar-refractivity contribution in [3.05, 3.63) is 62.4 Å². The number of rotatable bonds is 7. The quantitative estimate of drug-likeness (QED) is 0.501. The predicted octanol–water partition coefficient (Wildman–Crippen LogP) is 2.51. The second-order valence-corrected chi connectivity index (χ2v) is 7.41. The van der Waals surface area contributed by atoms with E-state index in [1.807, 2.05) is 13.8 Å². The first kappa shape index (κ1) is 21.0. The lowest BCUT2D eigenvalue weighted by atomic mass is 10.2. The van der Waals surface area contributed by atoms with E-state index >= 15 is 0 Å². The Morgan fingerprint density at radius 2 is 1.93 bits per heavy atom. The normalized spacial score (nSPS) is 10.8. The Labute approximate surface area is 179 Å². The largest absolute Gasteiger partial charge is 0.350 e. The third-order valence-corrected chi connectivity index (χ3v) is 5.41. The highest BCUT2D eigenvalue weighted by Crippen LogP contribution is 2.20. The molecule has 0 spiro atoms. The average Bonchev–Trinajstić information content (AvgIpc) is 3.26. The minimum atomic E-state index is -0.518. The molecule has 11 heteroatoms. The number of hydrogen-bond donors (Lipinski definition) is 2. The van der Waals surface area contributed by atoms with Crippen LogP contribution in [-0.4, -0.2) is 44.8 Å². The van der Waals surface area contributed by atoms with Gasteiger partial charge in [0, 0.05) is 23.7 Å². The molecule has 2 heterocycles. The van der Waals surface area contributed by atoms with Crippen LogP contribution in [0, 0.1) is 13.8 Å². The molecule has 2 aromatic heterocycles. The van der Waals surface area contributed by atoms with Crippen LogP contribution in [0.3, 0.4) is 0 Å². The van der Waals surface area contributed by atoms with Crippen LogP contribution in [-0.2, 0) is 6.54 Å². The van der Waals surface area contributed by atoms with E-state index in [9.17, 15) is 9.59 Å². The zero-order valence-corrected chi connectivity index (χ0v) is 18.0. The van der Waals surface area contributed by atoms with E-state index in [-0.39, 0.29) is 31.4 Å². The third kappa shape index (κ3) is 5.21. The number of aromatic nitrogens is 4. The first-order valence-electron chi connectivity index (χ1n) is 8.69. The van der Waals surface area contributed by atoms with Gasteiger partial charge in [0.15, 0.2) is 5.82 Å². The maximum Gasteiger partial charge on any atom is 0.316 e. The monoisotopic (exact) mass is 480 g/mol. The van der Waals surface area contributed by atoms with Gasteiger partial charge in [0.05, 0.1) is 15.9 Å². The zero-order chi connectivity index (χ0) is 21.0. The molecule has 1 aromatic carbocycles. The average molecular weight is 482 g/mol. The molecule has 0 radical (unpaired) electrons. The van der Waals surface area contributed by atoms with E-state index in [1.54, 1.807) is 28.9 Å². The molecule has 0 atom stereocenters. The molecule has 29 heavy (non-hydrogen) atoms. The molecule has 152 valence electrons. The minimum Gasteiger partial charge on any atom is -0.350 e. The van der Waals surface area contributed by atoms with Crippen molar-refractivity contribution in [2.75, 3.05) is 13.1 Å². The molecule has 0 fully saturated rings.